The van der Waals surface area contributed by atoms with Gasteiger partial charge in [-0.25, -0.2) is 13.6 Å². The van der Waals surface area contributed by atoms with Crippen LogP contribution in [0, 0.1) is 12.3 Å². The van der Waals surface area contributed by atoms with E-state index in [1.165, 1.54) is 6.07 Å². The SMILES string of the molecule is COC1CC(Nc2cc(N)cc(S(N)(=O)=O)c2C)C1(C)C. The van der Waals surface area contributed by atoms with Gasteiger partial charge in [-0.2, -0.15) is 0 Å². The van der Waals surface area contributed by atoms with Crippen LogP contribution < -0.4 is 16.2 Å². The van der Waals surface area contributed by atoms with Gasteiger partial charge >= 0.3 is 0 Å². The lowest BCUT2D eigenvalue weighted by Crippen LogP contribution is -2.57. The molecule has 0 bridgehead atoms. The first kappa shape index (κ1) is 16.1. The largest absolute Gasteiger partial charge is 0.399 e. The number of nitrogens with two attached hydrogens (primary N) is 2. The molecule has 2 atom stereocenters. The van der Waals surface area contributed by atoms with Gasteiger partial charge in [-0.1, -0.05) is 13.8 Å². The highest BCUT2D eigenvalue weighted by Gasteiger charge is 2.48. The highest BCUT2D eigenvalue weighted by molar-refractivity contribution is 7.89. The van der Waals surface area contributed by atoms with Gasteiger partial charge in [-0.15, -0.1) is 0 Å². The van der Waals surface area contributed by atoms with Crippen LogP contribution in [0.3, 0.4) is 0 Å². The van der Waals surface area contributed by atoms with Crippen LogP contribution in [0.1, 0.15) is 25.8 Å². The minimum absolute atomic E-state index is 0.0342. The third-order valence-corrected chi connectivity index (χ3v) is 5.52. The van der Waals surface area contributed by atoms with Crippen molar-refractivity contribution in [1.82, 2.24) is 0 Å². The van der Waals surface area contributed by atoms with E-state index in [9.17, 15) is 8.42 Å². The van der Waals surface area contributed by atoms with E-state index in [1.807, 2.05) is 0 Å². The monoisotopic (exact) mass is 313 g/mol. The smallest absolute Gasteiger partial charge is 0.238 e. The summed E-state index contributed by atoms with van der Waals surface area (Å²) < 4.78 is 28.7. The first-order valence-electron chi connectivity index (χ1n) is 6.79. The van der Waals surface area contributed by atoms with E-state index in [2.05, 4.69) is 19.2 Å². The van der Waals surface area contributed by atoms with Gasteiger partial charge < -0.3 is 15.8 Å². The summed E-state index contributed by atoms with van der Waals surface area (Å²) in [4.78, 5) is 0.0606. The maximum absolute atomic E-state index is 11.6. The molecule has 1 saturated carbocycles. The fourth-order valence-corrected chi connectivity index (χ4v) is 3.71. The fourth-order valence-electron chi connectivity index (χ4n) is 2.87. The molecule has 0 heterocycles. The second kappa shape index (κ2) is 5.15. The van der Waals surface area contributed by atoms with Crippen molar-refractivity contribution in [3.8, 4) is 0 Å². The lowest BCUT2D eigenvalue weighted by atomic mass is 9.64. The van der Waals surface area contributed by atoms with E-state index in [-0.39, 0.29) is 22.5 Å². The molecule has 1 aliphatic carbocycles. The van der Waals surface area contributed by atoms with Gasteiger partial charge in [0.2, 0.25) is 10.0 Å². The van der Waals surface area contributed by atoms with Gasteiger partial charge in [0.15, 0.2) is 0 Å². The number of methoxy groups -OCH3 is 1. The molecule has 0 saturated heterocycles. The van der Waals surface area contributed by atoms with Crippen molar-refractivity contribution in [2.24, 2.45) is 10.6 Å². The number of sulfonamides is 1. The van der Waals surface area contributed by atoms with E-state index in [1.54, 1.807) is 20.1 Å². The summed E-state index contributed by atoms with van der Waals surface area (Å²) in [6, 6.07) is 3.32. The van der Waals surface area contributed by atoms with Crippen LogP contribution in [0.15, 0.2) is 17.0 Å². The Kier molecular flexibility index (Phi) is 3.94. The normalized spacial score (nSPS) is 24.4. The average Bonchev–Trinajstić information content (AvgIpc) is 2.36. The Balaban J connectivity index is 2.33. The molecule has 1 aromatic carbocycles. The molecule has 6 nitrogen and oxygen atoms in total. The van der Waals surface area contributed by atoms with E-state index in [0.717, 1.165) is 6.42 Å². The molecule has 118 valence electrons. The molecule has 5 N–H and O–H groups in total. The van der Waals surface area contributed by atoms with Gasteiger partial charge in [0.1, 0.15) is 0 Å². The summed E-state index contributed by atoms with van der Waals surface area (Å²) in [7, 11) is -2.09. The predicted octanol–water partition coefficient (Wildman–Crippen LogP) is 1.45. The Morgan fingerprint density at radius 1 is 1.38 bits per heavy atom. The Morgan fingerprint density at radius 3 is 2.48 bits per heavy atom. The molecule has 0 radical (unpaired) electrons. The molecule has 0 aromatic heterocycles. The molecule has 2 unspecified atom stereocenters. The highest BCUT2D eigenvalue weighted by atomic mass is 32.2. The third-order valence-electron chi connectivity index (χ3n) is 4.48. The van der Waals surface area contributed by atoms with Gasteiger partial charge in [-0.05, 0) is 31.0 Å². The number of nitrogen functional groups attached to an aromatic ring is 1. The van der Waals surface area contributed by atoms with Crippen molar-refractivity contribution < 1.29 is 13.2 Å². The average molecular weight is 313 g/mol. The topological polar surface area (TPSA) is 107 Å². The molecule has 0 amide bonds. The summed E-state index contributed by atoms with van der Waals surface area (Å²) in [6.45, 7) is 5.95. The number of hydrogen-bond acceptors (Lipinski definition) is 5. The number of ether oxygens (including phenoxy) is 1. The Morgan fingerprint density at radius 2 is 2.00 bits per heavy atom. The highest BCUT2D eigenvalue weighted by Crippen LogP contribution is 2.44. The maximum Gasteiger partial charge on any atom is 0.238 e. The second-order valence-corrected chi connectivity index (χ2v) is 7.74. The number of primary sulfonamides is 1. The van der Waals surface area contributed by atoms with E-state index >= 15 is 0 Å². The molecule has 1 fully saturated rings. The number of benzene rings is 1. The summed E-state index contributed by atoms with van der Waals surface area (Å²) in [5, 5.41) is 8.61. The first-order valence-corrected chi connectivity index (χ1v) is 8.34. The van der Waals surface area contributed by atoms with Crippen LogP contribution in [0.25, 0.3) is 0 Å². The summed E-state index contributed by atoms with van der Waals surface area (Å²) in [5.41, 5.74) is 7.42. The molecule has 0 spiro atoms. The van der Waals surface area contributed by atoms with Gasteiger partial charge in [0.25, 0.3) is 0 Å². The zero-order valence-corrected chi connectivity index (χ0v) is 13.6. The zero-order valence-electron chi connectivity index (χ0n) is 12.8. The van der Waals surface area contributed by atoms with Crippen molar-refractivity contribution >= 4 is 21.4 Å². The van der Waals surface area contributed by atoms with Gasteiger partial charge in [0.05, 0.1) is 11.0 Å². The number of anilines is 2. The van der Waals surface area contributed by atoms with Gasteiger partial charge in [-0.3, -0.25) is 0 Å². The molecule has 1 aromatic rings. The molecule has 0 aliphatic heterocycles. The van der Waals surface area contributed by atoms with Crippen LogP contribution in [0.5, 0.6) is 0 Å². The fraction of sp³-hybridized carbons (Fsp3) is 0.571. The molecule has 21 heavy (non-hydrogen) atoms. The van der Waals surface area contributed by atoms with Crippen LogP contribution in [-0.2, 0) is 14.8 Å². The van der Waals surface area contributed by atoms with Crippen molar-refractivity contribution in [2.45, 2.75) is 44.2 Å². The van der Waals surface area contributed by atoms with Crippen molar-refractivity contribution in [3.05, 3.63) is 17.7 Å². The van der Waals surface area contributed by atoms with Crippen LogP contribution in [0.2, 0.25) is 0 Å². The summed E-state index contributed by atoms with van der Waals surface area (Å²) >= 11 is 0. The van der Waals surface area contributed by atoms with E-state index in [0.29, 0.717) is 16.9 Å². The van der Waals surface area contributed by atoms with E-state index < -0.39 is 10.0 Å². The number of rotatable bonds is 4. The van der Waals surface area contributed by atoms with Crippen LogP contribution in [-0.4, -0.2) is 27.7 Å². The number of nitrogens with one attached hydrogen (secondary N) is 1. The Bertz CT molecular complexity index is 656. The second-order valence-electron chi connectivity index (χ2n) is 6.21. The minimum Gasteiger partial charge on any atom is -0.399 e. The molecule has 7 heteroatoms. The lowest BCUT2D eigenvalue weighted by Gasteiger charge is -2.51. The van der Waals surface area contributed by atoms with Crippen molar-refractivity contribution in [3.63, 3.8) is 0 Å². The maximum atomic E-state index is 11.6. The summed E-state index contributed by atoms with van der Waals surface area (Å²) in [6.07, 6.45) is 1.05. The summed E-state index contributed by atoms with van der Waals surface area (Å²) in [5.74, 6) is 0. The lowest BCUT2D eigenvalue weighted by molar-refractivity contribution is -0.0794. The quantitative estimate of drug-likeness (QED) is 0.729. The Labute approximate surface area is 125 Å². The van der Waals surface area contributed by atoms with Gasteiger partial charge in [0, 0.05) is 29.9 Å². The zero-order chi connectivity index (χ0) is 16.0. The van der Waals surface area contributed by atoms with E-state index in [4.69, 9.17) is 15.6 Å². The molecule has 1 aliphatic rings. The predicted molar refractivity (Wildman–Crippen MR) is 83.6 cm³/mol. The minimum atomic E-state index is -3.79. The number of hydrogen-bond donors (Lipinski definition) is 3. The van der Waals surface area contributed by atoms with Crippen molar-refractivity contribution in [1.29, 1.82) is 0 Å². The standard InChI is InChI=1S/C14H23N3O3S/c1-8-10(5-9(15)6-11(8)21(16,18)19)17-12-7-13(20-4)14(12,2)3/h5-6,12-13,17H,7,15H2,1-4H3,(H2,16,18,19). The molecular weight excluding hydrogens is 290 g/mol. The first-order chi connectivity index (χ1) is 9.57. The van der Waals surface area contributed by atoms with Crippen LogP contribution >= 0.6 is 0 Å². The third kappa shape index (κ3) is 2.86. The molecule has 2 rings (SSSR count). The van der Waals surface area contributed by atoms with Crippen LogP contribution in [0.4, 0.5) is 11.4 Å². The Hall–Kier alpha value is -1.31. The molecular formula is C14H23N3O3S. The van der Waals surface area contributed by atoms with Crippen molar-refractivity contribution in [2.75, 3.05) is 18.2 Å².